The predicted molar refractivity (Wildman–Crippen MR) is 71.3 cm³/mol. The van der Waals surface area contributed by atoms with Crippen LogP contribution in [0, 0.1) is 5.92 Å². The highest BCUT2D eigenvalue weighted by molar-refractivity contribution is 6.30. The quantitative estimate of drug-likeness (QED) is 0.833. The number of hydrogen-bond acceptors (Lipinski definition) is 4. The Kier molecular flexibility index (Phi) is 3.50. The molecule has 1 fully saturated rings. The first-order chi connectivity index (χ1) is 9.20. The number of carbonyl (C=O) groups is 1. The highest BCUT2D eigenvalue weighted by atomic mass is 35.5. The van der Waals surface area contributed by atoms with Gasteiger partial charge in [0, 0.05) is 19.0 Å². The summed E-state index contributed by atoms with van der Waals surface area (Å²) < 4.78 is 7.00. The Morgan fingerprint density at radius 1 is 1.53 bits per heavy atom. The van der Waals surface area contributed by atoms with Crippen molar-refractivity contribution in [2.45, 2.75) is 31.7 Å². The van der Waals surface area contributed by atoms with Crippen LogP contribution in [0.2, 0.25) is 5.15 Å². The molecule has 3 heterocycles. The van der Waals surface area contributed by atoms with Gasteiger partial charge in [-0.2, -0.15) is 0 Å². The van der Waals surface area contributed by atoms with Gasteiger partial charge in [0.2, 0.25) is 0 Å². The van der Waals surface area contributed by atoms with Crippen molar-refractivity contribution in [3.05, 3.63) is 16.7 Å². The normalized spacial score (nSPS) is 26.2. The van der Waals surface area contributed by atoms with Crippen LogP contribution in [-0.4, -0.2) is 35.7 Å². The van der Waals surface area contributed by atoms with Crippen LogP contribution in [0.25, 0.3) is 0 Å². The molecule has 3 rings (SSSR count). The fraction of sp³-hybridized carbons (Fsp3) is 0.692. The third-order valence-corrected chi connectivity index (χ3v) is 4.45. The number of hydrogen-bond donors (Lipinski definition) is 1. The molecule has 6 heteroatoms. The van der Waals surface area contributed by atoms with Crippen molar-refractivity contribution in [3.63, 3.8) is 0 Å². The summed E-state index contributed by atoms with van der Waals surface area (Å²) in [4.78, 5) is 16.2. The first-order valence-corrected chi connectivity index (χ1v) is 7.12. The molecule has 1 aromatic rings. The molecule has 104 valence electrons. The molecule has 1 aromatic heterocycles. The van der Waals surface area contributed by atoms with Gasteiger partial charge >= 0.3 is 5.97 Å². The fourth-order valence-corrected chi connectivity index (χ4v) is 3.37. The molecular weight excluding hydrogens is 266 g/mol. The maximum absolute atomic E-state index is 11.7. The van der Waals surface area contributed by atoms with Crippen LogP contribution in [-0.2, 0) is 22.5 Å². The zero-order chi connectivity index (χ0) is 13.4. The number of ether oxygens (including phenoxy) is 1. The van der Waals surface area contributed by atoms with E-state index in [4.69, 9.17) is 16.3 Å². The van der Waals surface area contributed by atoms with Gasteiger partial charge in [0.15, 0.2) is 5.15 Å². The summed E-state index contributed by atoms with van der Waals surface area (Å²) in [6.07, 6.45) is 2.67. The van der Waals surface area contributed by atoms with E-state index in [0.717, 1.165) is 43.9 Å². The first kappa shape index (κ1) is 12.9. The number of halogens is 1. The topological polar surface area (TPSA) is 56.1 Å². The third-order valence-electron chi connectivity index (χ3n) is 4.15. The maximum atomic E-state index is 11.7. The molecule has 5 nitrogen and oxygen atoms in total. The smallest absolute Gasteiger partial charge is 0.310 e. The molecule has 0 amide bonds. The summed E-state index contributed by atoms with van der Waals surface area (Å²) in [5.41, 5.74) is 1.07. The van der Waals surface area contributed by atoms with E-state index in [1.54, 1.807) is 0 Å². The summed E-state index contributed by atoms with van der Waals surface area (Å²) in [6, 6.07) is 0. The SMILES string of the molecule is COC(=O)C1CCc2c(Cl)nc(C3CCNC3)n2C1. The molecule has 0 saturated carbocycles. The van der Waals surface area contributed by atoms with E-state index in [9.17, 15) is 4.79 Å². The molecule has 0 radical (unpaired) electrons. The van der Waals surface area contributed by atoms with Crippen LogP contribution in [0.1, 0.15) is 30.3 Å². The molecule has 1 N–H and O–H groups in total. The molecule has 0 spiro atoms. The Hall–Kier alpha value is -1.07. The monoisotopic (exact) mass is 283 g/mol. The highest BCUT2D eigenvalue weighted by Crippen LogP contribution is 2.32. The Morgan fingerprint density at radius 3 is 3.05 bits per heavy atom. The van der Waals surface area contributed by atoms with Crippen molar-refractivity contribution < 1.29 is 9.53 Å². The molecule has 0 bridgehead atoms. The summed E-state index contributed by atoms with van der Waals surface area (Å²) in [6.45, 7) is 2.61. The molecule has 0 aliphatic carbocycles. The maximum Gasteiger partial charge on any atom is 0.310 e. The number of nitrogens with zero attached hydrogens (tertiary/aromatic N) is 2. The van der Waals surface area contributed by atoms with Gasteiger partial charge in [0.25, 0.3) is 0 Å². The third kappa shape index (κ3) is 2.25. The lowest BCUT2D eigenvalue weighted by Crippen LogP contribution is -2.29. The summed E-state index contributed by atoms with van der Waals surface area (Å²) in [5.74, 6) is 1.23. The average molecular weight is 284 g/mol. The van der Waals surface area contributed by atoms with E-state index >= 15 is 0 Å². The minimum Gasteiger partial charge on any atom is -0.469 e. The first-order valence-electron chi connectivity index (χ1n) is 6.74. The van der Waals surface area contributed by atoms with Crippen molar-refractivity contribution in [2.24, 2.45) is 5.92 Å². The van der Waals surface area contributed by atoms with Gasteiger partial charge < -0.3 is 14.6 Å². The van der Waals surface area contributed by atoms with Crippen LogP contribution in [0.4, 0.5) is 0 Å². The second-order valence-corrected chi connectivity index (χ2v) is 5.62. The lowest BCUT2D eigenvalue weighted by molar-refractivity contribution is -0.146. The van der Waals surface area contributed by atoms with Crippen molar-refractivity contribution in [1.29, 1.82) is 0 Å². The number of aromatic nitrogens is 2. The molecule has 2 unspecified atom stereocenters. The summed E-state index contributed by atoms with van der Waals surface area (Å²) in [7, 11) is 1.44. The lowest BCUT2D eigenvalue weighted by atomic mass is 9.97. The number of methoxy groups -OCH3 is 1. The minimum atomic E-state index is -0.133. The zero-order valence-electron chi connectivity index (χ0n) is 11.0. The van der Waals surface area contributed by atoms with E-state index in [1.165, 1.54) is 7.11 Å². The Labute approximate surface area is 117 Å². The van der Waals surface area contributed by atoms with Crippen LogP contribution >= 0.6 is 11.6 Å². The Bertz CT molecular complexity index is 494. The van der Waals surface area contributed by atoms with Crippen molar-refractivity contribution >= 4 is 17.6 Å². The minimum absolute atomic E-state index is 0.0733. The molecule has 2 atom stereocenters. The zero-order valence-corrected chi connectivity index (χ0v) is 11.7. The van der Waals surface area contributed by atoms with Gasteiger partial charge in [-0.25, -0.2) is 4.98 Å². The molecule has 0 aromatic carbocycles. The Morgan fingerprint density at radius 2 is 2.37 bits per heavy atom. The predicted octanol–water partition coefficient (Wildman–Crippen LogP) is 1.35. The number of fused-ring (bicyclic) bond motifs is 1. The second-order valence-electron chi connectivity index (χ2n) is 5.27. The Balaban J connectivity index is 1.90. The fourth-order valence-electron chi connectivity index (χ4n) is 3.09. The highest BCUT2D eigenvalue weighted by Gasteiger charge is 2.32. The van der Waals surface area contributed by atoms with E-state index in [0.29, 0.717) is 17.6 Å². The van der Waals surface area contributed by atoms with Gasteiger partial charge in [0.1, 0.15) is 5.82 Å². The number of rotatable bonds is 2. The lowest BCUT2D eigenvalue weighted by Gasteiger charge is -2.24. The number of imidazole rings is 1. The summed E-state index contributed by atoms with van der Waals surface area (Å²) in [5, 5.41) is 3.95. The molecule has 1 saturated heterocycles. The van der Waals surface area contributed by atoms with Gasteiger partial charge in [-0.3, -0.25) is 4.79 Å². The van der Waals surface area contributed by atoms with E-state index in [-0.39, 0.29) is 11.9 Å². The molecular formula is C13H18ClN3O2. The molecule has 2 aliphatic heterocycles. The van der Waals surface area contributed by atoms with E-state index < -0.39 is 0 Å². The number of nitrogens with one attached hydrogen (secondary N) is 1. The van der Waals surface area contributed by atoms with Gasteiger partial charge in [-0.15, -0.1) is 0 Å². The van der Waals surface area contributed by atoms with Crippen LogP contribution in [0.3, 0.4) is 0 Å². The average Bonchev–Trinajstić information content (AvgIpc) is 3.06. The van der Waals surface area contributed by atoms with Crippen LogP contribution in [0.5, 0.6) is 0 Å². The van der Waals surface area contributed by atoms with Gasteiger partial charge in [0.05, 0.1) is 18.7 Å². The van der Waals surface area contributed by atoms with Crippen molar-refractivity contribution in [2.75, 3.05) is 20.2 Å². The van der Waals surface area contributed by atoms with Crippen LogP contribution in [0.15, 0.2) is 0 Å². The number of carbonyl (C=O) groups excluding carboxylic acids is 1. The van der Waals surface area contributed by atoms with E-state index in [2.05, 4.69) is 14.9 Å². The standard InChI is InChI=1S/C13H18ClN3O2/c1-19-13(18)9-2-3-10-11(14)16-12(17(10)7-9)8-4-5-15-6-8/h8-9,15H,2-7H2,1H3. The van der Waals surface area contributed by atoms with Gasteiger partial charge in [-0.05, 0) is 25.8 Å². The largest absolute Gasteiger partial charge is 0.469 e. The van der Waals surface area contributed by atoms with Crippen molar-refractivity contribution in [3.8, 4) is 0 Å². The van der Waals surface area contributed by atoms with Gasteiger partial charge in [-0.1, -0.05) is 11.6 Å². The molecule has 2 aliphatic rings. The number of esters is 1. The molecule has 19 heavy (non-hydrogen) atoms. The van der Waals surface area contributed by atoms with E-state index in [1.807, 2.05) is 0 Å². The van der Waals surface area contributed by atoms with Crippen molar-refractivity contribution in [1.82, 2.24) is 14.9 Å². The van der Waals surface area contributed by atoms with Crippen LogP contribution < -0.4 is 5.32 Å². The second kappa shape index (κ2) is 5.13. The summed E-state index contributed by atoms with van der Waals surface area (Å²) >= 11 is 6.23.